The summed E-state index contributed by atoms with van der Waals surface area (Å²) in [7, 11) is 0. The second-order valence-corrected chi connectivity index (χ2v) is 10.2. The van der Waals surface area contributed by atoms with Crippen molar-refractivity contribution in [1.29, 1.82) is 0 Å². The van der Waals surface area contributed by atoms with Crippen molar-refractivity contribution in [2.45, 2.75) is 31.6 Å². The fraction of sp³-hybridized carbons (Fsp3) is 0.156. The molecule has 1 aliphatic carbocycles. The molecule has 2 atom stereocenters. The molecule has 0 saturated heterocycles. The fourth-order valence-corrected chi connectivity index (χ4v) is 5.70. The van der Waals surface area contributed by atoms with Crippen molar-refractivity contribution < 1.29 is 14.0 Å². The highest BCUT2D eigenvalue weighted by molar-refractivity contribution is 6.30. The molecule has 39 heavy (non-hydrogen) atoms. The maximum atomic E-state index is 13.8. The van der Waals surface area contributed by atoms with Gasteiger partial charge in [-0.2, -0.15) is 0 Å². The van der Waals surface area contributed by atoms with Gasteiger partial charge in [-0.05, 0) is 61.2 Å². The number of carbonyl (C=O) groups excluding carboxylic acids is 2. The van der Waals surface area contributed by atoms with Crippen molar-refractivity contribution in [1.82, 2.24) is 10.3 Å². The first-order chi connectivity index (χ1) is 19.0. The molecule has 0 fully saturated rings. The molecule has 0 unspecified atom stereocenters. The maximum absolute atomic E-state index is 13.8. The number of aromatic nitrogens is 1. The van der Waals surface area contributed by atoms with Gasteiger partial charge >= 0.3 is 0 Å². The first-order valence-corrected chi connectivity index (χ1v) is 13.2. The van der Waals surface area contributed by atoms with E-state index < -0.39 is 5.92 Å². The summed E-state index contributed by atoms with van der Waals surface area (Å²) < 4.78 is 6.35. The second-order valence-electron chi connectivity index (χ2n) is 9.81. The lowest BCUT2D eigenvalue weighted by molar-refractivity contribution is -0.116. The van der Waals surface area contributed by atoms with Gasteiger partial charge in [0, 0.05) is 40.2 Å². The van der Waals surface area contributed by atoms with Crippen LogP contribution in [0.3, 0.4) is 0 Å². The van der Waals surface area contributed by atoms with Crippen LogP contribution in [0.2, 0.25) is 5.02 Å². The molecule has 6 nitrogen and oxygen atoms in total. The summed E-state index contributed by atoms with van der Waals surface area (Å²) in [5, 5.41) is 6.90. The molecular weight excluding hydrogens is 510 g/mol. The van der Waals surface area contributed by atoms with Crippen molar-refractivity contribution in [2.75, 3.05) is 5.32 Å². The lowest BCUT2D eigenvalue weighted by atomic mass is 9.73. The Morgan fingerprint density at radius 3 is 2.59 bits per heavy atom. The van der Waals surface area contributed by atoms with Crippen LogP contribution < -0.4 is 10.6 Å². The molecule has 2 N–H and O–H groups in total. The largest absolute Gasteiger partial charge is 0.460 e. The van der Waals surface area contributed by atoms with Crippen LogP contribution in [0.5, 0.6) is 0 Å². The lowest BCUT2D eigenvalue weighted by Gasteiger charge is -2.36. The van der Waals surface area contributed by atoms with Crippen LogP contribution >= 0.6 is 11.6 Å². The summed E-state index contributed by atoms with van der Waals surface area (Å²) in [4.78, 5) is 31.8. The van der Waals surface area contributed by atoms with Crippen molar-refractivity contribution in [3.8, 4) is 11.3 Å². The van der Waals surface area contributed by atoms with Gasteiger partial charge in [-0.3, -0.25) is 9.59 Å². The van der Waals surface area contributed by atoms with E-state index in [9.17, 15) is 9.59 Å². The Morgan fingerprint density at radius 2 is 1.82 bits per heavy atom. The Kier molecular flexibility index (Phi) is 6.63. The SMILES string of the molecule is CC1=C(C(=O)Nc2ccccn2)[C@@H](c2ccc(-c3cccc(Cl)c3)o2)C2=C(C[C@@H](c3ccccc3)CC2=O)N1. The molecule has 1 aliphatic heterocycles. The third-order valence-electron chi connectivity index (χ3n) is 7.27. The summed E-state index contributed by atoms with van der Waals surface area (Å²) in [5.41, 5.74) is 4.45. The normalized spacial score (nSPS) is 19.0. The average molecular weight is 536 g/mol. The zero-order valence-electron chi connectivity index (χ0n) is 21.3. The minimum absolute atomic E-state index is 0.000977. The zero-order chi connectivity index (χ0) is 26.9. The minimum Gasteiger partial charge on any atom is -0.460 e. The van der Waals surface area contributed by atoms with Crippen LogP contribution in [-0.4, -0.2) is 16.7 Å². The Bertz CT molecular complexity index is 1620. The number of nitrogens with zero attached hydrogens (tertiary/aromatic N) is 1. The second kappa shape index (κ2) is 10.4. The van der Waals surface area contributed by atoms with Crippen molar-refractivity contribution in [2.24, 2.45) is 0 Å². The Hall–Kier alpha value is -4.42. The number of hydrogen-bond donors (Lipinski definition) is 2. The molecule has 2 aliphatic rings. The molecule has 2 aromatic carbocycles. The number of furan rings is 1. The molecule has 3 heterocycles. The fourth-order valence-electron chi connectivity index (χ4n) is 5.51. The highest BCUT2D eigenvalue weighted by atomic mass is 35.5. The van der Waals surface area contributed by atoms with Gasteiger partial charge in [0.05, 0.1) is 11.5 Å². The molecule has 4 aromatic rings. The number of hydrogen-bond acceptors (Lipinski definition) is 5. The standard InChI is InChI=1S/C32H26ClN3O3/c1-19-29(32(38)36-28-12-5-6-15-34-28)31(27-14-13-26(39-27)21-10-7-11-23(33)16-21)30-24(35-19)17-22(18-25(30)37)20-8-3-2-4-9-20/h2-16,22,31,35H,17-18H2,1H3,(H,34,36,38)/t22-,31-/m1/s1. The first-order valence-electron chi connectivity index (χ1n) is 12.8. The van der Waals surface area contributed by atoms with E-state index in [1.165, 1.54) is 0 Å². The third-order valence-corrected chi connectivity index (χ3v) is 7.51. The highest BCUT2D eigenvalue weighted by Gasteiger charge is 2.42. The molecule has 0 radical (unpaired) electrons. The number of halogens is 1. The van der Waals surface area contributed by atoms with Gasteiger partial charge < -0.3 is 15.1 Å². The van der Waals surface area contributed by atoms with Crippen LogP contribution in [0, 0.1) is 0 Å². The van der Waals surface area contributed by atoms with Gasteiger partial charge in [0.25, 0.3) is 5.91 Å². The number of pyridine rings is 1. The zero-order valence-corrected chi connectivity index (χ0v) is 22.0. The molecular formula is C32H26ClN3O3. The average Bonchev–Trinajstić information content (AvgIpc) is 3.43. The number of carbonyl (C=O) groups is 2. The molecule has 1 amide bonds. The number of benzene rings is 2. The summed E-state index contributed by atoms with van der Waals surface area (Å²) in [5.74, 6) is 0.618. The number of nitrogens with one attached hydrogen (secondary N) is 2. The van der Waals surface area contributed by atoms with Crippen LogP contribution in [0.15, 0.2) is 118 Å². The van der Waals surface area contributed by atoms with Crippen LogP contribution in [0.1, 0.15) is 42.9 Å². The van der Waals surface area contributed by atoms with Crippen LogP contribution in [0.25, 0.3) is 11.3 Å². The number of anilines is 1. The van der Waals surface area contributed by atoms with Crippen molar-refractivity contribution in [3.63, 3.8) is 0 Å². The summed E-state index contributed by atoms with van der Waals surface area (Å²) >= 11 is 6.22. The molecule has 7 heteroatoms. The molecule has 194 valence electrons. The number of Topliss-reactive ketones (excluding diaryl/α,β-unsaturated/α-hetero) is 1. The van der Waals surface area contributed by atoms with Crippen LogP contribution in [-0.2, 0) is 9.59 Å². The monoisotopic (exact) mass is 535 g/mol. The predicted octanol–water partition coefficient (Wildman–Crippen LogP) is 7.00. The van der Waals surface area contributed by atoms with Gasteiger partial charge in [0.1, 0.15) is 17.3 Å². The van der Waals surface area contributed by atoms with E-state index in [4.69, 9.17) is 16.0 Å². The molecule has 0 bridgehead atoms. The Morgan fingerprint density at radius 1 is 1.00 bits per heavy atom. The van der Waals surface area contributed by atoms with Gasteiger partial charge in [0.2, 0.25) is 0 Å². The number of allylic oxidation sites excluding steroid dienone is 3. The van der Waals surface area contributed by atoms with Gasteiger partial charge in [-0.15, -0.1) is 0 Å². The van der Waals surface area contributed by atoms with E-state index in [2.05, 4.69) is 27.8 Å². The molecule has 0 spiro atoms. The predicted molar refractivity (Wildman–Crippen MR) is 151 cm³/mol. The van der Waals surface area contributed by atoms with Crippen molar-refractivity contribution >= 4 is 29.1 Å². The third kappa shape index (κ3) is 4.91. The van der Waals surface area contributed by atoms with E-state index in [0.29, 0.717) is 52.0 Å². The molecule has 2 aromatic heterocycles. The topological polar surface area (TPSA) is 84.2 Å². The van der Waals surface area contributed by atoms with Gasteiger partial charge in [-0.1, -0.05) is 60.1 Å². The number of amides is 1. The number of dihydropyridines is 1. The first kappa shape index (κ1) is 24.9. The number of rotatable bonds is 5. The minimum atomic E-state index is -0.665. The van der Waals surface area contributed by atoms with E-state index in [1.807, 2.05) is 55.5 Å². The van der Waals surface area contributed by atoms with E-state index in [-0.39, 0.29) is 17.6 Å². The summed E-state index contributed by atoms with van der Waals surface area (Å²) in [6.07, 6.45) is 2.64. The van der Waals surface area contributed by atoms with Crippen LogP contribution in [0.4, 0.5) is 5.82 Å². The number of ketones is 1. The highest BCUT2D eigenvalue weighted by Crippen LogP contribution is 2.46. The Labute approximate surface area is 231 Å². The van der Waals surface area contributed by atoms with Gasteiger partial charge in [-0.25, -0.2) is 4.98 Å². The van der Waals surface area contributed by atoms with E-state index >= 15 is 0 Å². The molecule has 6 rings (SSSR count). The maximum Gasteiger partial charge on any atom is 0.255 e. The Balaban J connectivity index is 1.43. The van der Waals surface area contributed by atoms with E-state index in [1.54, 1.807) is 30.5 Å². The molecule has 0 saturated carbocycles. The van der Waals surface area contributed by atoms with Crippen molar-refractivity contribution in [3.05, 3.63) is 130 Å². The van der Waals surface area contributed by atoms with E-state index in [0.717, 1.165) is 16.8 Å². The lowest BCUT2D eigenvalue weighted by Crippen LogP contribution is -2.37. The quantitative estimate of drug-likeness (QED) is 0.287. The smallest absolute Gasteiger partial charge is 0.255 e. The summed E-state index contributed by atoms with van der Waals surface area (Å²) in [6, 6.07) is 26.5. The van der Waals surface area contributed by atoms with Gasteiger partial charge in [0.15, 0.2) is 5.78 Å². The summed E-state index contributed by atoms with van der Waals surface area (Å²) in [6.45, 7) is 1.86.